The van der Waals surface area contributed by atoms with Gasteiger partial charge >= 0.3 is 12.0 Å². The summed E-state index contributed by atoms with van der Waals surface area (Å²) in [5.41, 5.74) is -0.729. The monoisotopic (exact) mass is 365 g/mol. The Kier molecular flexibility index (Phi) is 5.48. The number of hydrogen-bond donors (Lipinski definition) is 2. The van der Waals surface area contributed by atoms with Crippen molar-refractivity contribution in [3.05, 3.63) is 0 Å². The molecule has 1 unspecified atom stereocenters. The van der Waals surface area contributed by atoms with Crippen molar-refractivity contribution in [2.75, 3.05) is 19.6 Å². The second kappa shape index (κ2) is 7.63. The number of carboxylic acids is 1. The average molecular weight is 365 g/mol. The van der Waals surface area contributed by atoms with E-state index in [1.165, 1.54) is 4.90 Å². The first-order chi connectivity index (χ1) is 12.4. The largest absolute Gasteiger partial charge is 0.481 e. The van der Waals surface area contributed by atoms with E-state index in [1.807, 2.05) is 0 Å². The van der Waals surface area contributed by atoms with Crippen LogP contribution in [0.3, 0.4) is 0 Å². The second-order valence-corrected chi connectivity index (χ2v) is 7.71. The van der Waals surface area contributed by atoms with E-state index in [1.54, 1.807) is 4.90 Å². The summed E-state index contributed by atoms with van der Waals surface area (Å²) in [6.45, 7) is 1.34. The van der Waals surface area contributed by atoms with Crippen LogP contribution in [0, 0.1) is 5.92 Å². The fourth-order valence-electron chi connectivity index (χ4n) is 4.42. The molecule has 8 heteroatoms. The molecule has 0 aromatic rings. The van der Waals surface area contributed by atoms with E-state index in [9.17, 15) is 19.2 Å². The van der Waals surface area contributed by atoms with Crippen molar-refractivity contribution in [2.24, 2.45) is 5.92 Å². The summed E-state index contributed by atoms with van der Waals surface area (Å²) in [5.74, 6) is -0.862. The van der Waals surface area contributed by atoms with Crippen LogP contribution in [-0.4, -0.2) is 63.9 Å². The molecule has 3 aliphatic rings. The normalized spacial score (nSPS) is 25.0. The Morgan fingerprint density at radius 3 is 2.58 bits per heavy atom. The number of aliphatic carboxylic acids is 1. The Morgan fingerprint density at radius 2 is 1.88 bits per heavy atom. The standard InChI is InChI=1S/C18H27N3O5/c22-14(20-10-3-4-13(12-20)5-6-15(23)24)7-11-21-16(25)18(19-17(21)26)8-1-2-9-18/h13H,1-12H2,(H,19,26)(H,23,24). The highest BCUT2D eigenvalue weighted by molar-refractivity contribution is 6.07. The highest BCUT2D eigenvalue weighted by atomic mass is 16.4. The number of hydrogen-bond acceptors (Lipinski definition) is 4. The molecule has 0 bridgehead atoms. The number of rotatable bonds is 6. The number of piperidine rings is 1. The molecule has 144 valence electrons. The van der Waals surface area contributed by atoms with Crippen LogP contribution < -0.4 is 5.32 Å². The maximum absolute atomic E-state index is 12.6. The SMILES string of the molecule is O=C(O)CCC1CCCN(C(=O)CCN2C(=O)NC3(CCCC3)C2=O)C1. The molecule has 2 heterocycles. The fourth-order valence-corrected chi connectivity index (χ4v) is 4.42. The summed E-state index contributed by atoms with van der Waals surface area (Å²) in [5, 5.41) is 11.6. The molecule has 8 nitrogen and oxygen atoms in total. The summed E-state index contributed by atoms with van der Waals surface area (Å²) < 4.78 is 0. The van der Waals surface area contributed by atoms with E-state index in [0.29, 0.717) is 32.4 Å². The molecule has 1 atom stereocenters. The van der Waals surface area contributed by atoms with E-state index in [-0.39, 0.29) is 43.1 Å². The van der Waals surface area contributed by atoms with Crippen LogP contribution in [0.15, 0.2) is 0 Å². The minimum atomic E-state index is -0.812. The zero-order valence-corrected chi connectivity index (χ0v) is 15.0. The quantitative estimate of drug-likeness (QED) is 0.691. The van der Waals surface area contributed by atoms with Gasteiger partial charge in [0.25, 0.3) is 5.91 Å². The predicted molar refractivity (Wildman–Crippen MR) is 92.2 cm³/mol. The van der Waals surface area contributed by atoms with E-state index >= 15 is 0 Å². The number of carbonyl (C=O) groups excluding carboxylic acids is 3. The first kappa shape index (κ1) is 18.7. The lowest BCUT2D eigenvalue weighted by atomic mass is 9.93. The van der Waals surface area contributed by atoms with Crippen LogP contribution in [-0.2, 0) is 14.4 Å². The van der Waals surface area contributed by atoms with Crippen molar-refractivity contribution < 1.29 is 24.3 Å². The lowest BCUT2D eigenvalue weighted by molar-refractivity contribution is -0.137. The Hall–Kier alpha value is -2.12. The molecule has 0 radical (unpaired) electrons. The third kappa shape index (κ3) is 3.83. The highest BCUT2D eigenvalue weighted by Gasteiger charge is 2.52. The molecular weight excluding hydrogens is 338 g/mol. The molecule has 2 aliphatic heterocycles. The Balaban J connectivity index is 1.50. The number of nitrogens with zero attached hydrogens (tertiary/aromatic N) is 2. The predicted octanol–water partition coefficient (Wildman–Crippen LogP) is 1.34. The molecule has 1 saturated carbocycles. The third-order valence-corrected chi connectivity index (χ3v) is 5.89. The van der Waals surface area contributed by atoms with Gasteiger partial charge in [0.15, 0.2) is 0 Å². The van der Waals surface area contributed by atoms with E-state index in [4.69, 9.17) is 5.11 Å². The number of nitrogens with one attached hydrogen (secondary N) is 1. The molecule has 1 aliphatic carbocycles. The minimum Gasteiger partial charge on any atom is -0.481 e. The third-order valence-electron chi connectivity index (χ3n) is 5.89. The van der Waals surface area contributed by atoms with Gasteiger partial charge in [0.05, 0.1) is 0 Å². The Morgan fingerprint density at radius 1 is 1.15 bits per heavy atom. The van der Waals surface area contributed by atoms with Crippen LogP contribution >= 0.6 is 0 Å². The lowest BCUT2D eigenvalue weighted by Crippen LogP contribution is -2.44. The van der Waals surface area contributed by atoms with Crippen LogP contribution in [0.2, 0.25) is 0 Å². The molecule has 0 aromatic carbocycles. The number of carbonyl (C=O) groups is 4. The molecule has 4 amide bonds. The van der Waals surface area contributed by atoms with Gasteiger partial charge in [-0.25, -0.2) is 4.79 Å². The van der Waals surface area contributed by atoms with Crippen molar-refractivity contribution in [3.63, 3.8) is 0 Å². The van der Waals surface area contributed by atoms with Crippen LogP contribution in [0.25, 0.3) is 0 Å². The van der Waals surface area contributed by atoms with Gasteiger partial charge in [-0.1, -0.05) is 12.8 Å². The summed E-state index contributed by atoms with van der Waals surface area (Å²) >= 11 is 0. The zero-order valence-electron chi connectivity index (χ0n) is 15.0. The van der Waals surface area contributed by atoms with Gasteiger partial charge in [0, 0.05) is 32.5 Å². The second-order valence-electron chi connectivity index (χ2n) is 7.71. The van der Waals surface area contributed by atoms with Crippen LogP contribution in [0.5, 0.6) is 0 Å². The Bertz CT molecular complexity index is 600. The van der Waals surface area contributed by atoms with Gasteiger partial charge in [-0.15, -0.1) is 0 Å². The smallest absolute Gasteiger partial charge is 0.325 e. The van der Waals surface area contributed by atoms with Gasteiger partial charge in [-0.2, -0.15) is 0 Å². The summed E-state index contributed by atoms with van der Waals surface area (Å²) in [4.78, 5) is 50.9. The molecule has 3 rings (SSSR count). The van der Waals surface area contributed by atoms with Gasteiger partial charge in [-0.3, -0.25) is 19.3 Å². The first-order valence-electron chi connectivity index (χ1n) is 9.55. The lowest BCUT2D eigenvalue weighted by Gasteiger charge is -2.33. The van der Waals surface area contributed by atoms with Crippen LogP contribution in [0.4, 0.5) is 4.79 Å². The number of urea groups is 1. The van der Waals surface area contributed by atoms with Gasteiger partial charge in [0.2, 0.25) is 5.91 Å². The molecule has 3 fully saturated rings. The fraction of sp³-hybridized carbons (Fsp3) is 0.778. The zero-order chi connectivity index (χ0) is 18.7. The summed E-state index contributed by atoms with van der Waals surface area (Å²) in [7, 11) is 0. The molecule has 26 heavy (non-hydrogen) atoms. The number of likely N-dealkylation sites (tertiary alicyclic amines) is 1. The van der Waals surface area contributed by atoms with E-state index in [2.05, 4.69) is 5.32 Å². The average Bonchev–Trinajstić information content (AvgIpc) is 3.17. The molecule has 1 spiro atoms. The molecule has 2 N–H and O–H groups in total. The highest BCUT2D eigenvalue weighted by Crippen LogP contribution is 2.35. The summed E-state index contributed by atoms with van der Waals surface area (Å²) in [6.07, 6.45) is 5.86. The maximum Gasteiger partial charge on any atom is 0.325 e. The Labute approximate surface area is 152 Å². The molecule has 2 saturated heterocycles. The minimum absolute atomic E-state index is 0.0713. The number of carboxylic acid groups (broad SMARTS) is 1. The van der Waals surface area contributed by atoms with Crippen molar-refractivity contribution in [1.29, 1.82) is 0 Å². The van der Waals surface area contributed by atoms with Crippen LogP contribution in [0.1, 0.15) is 57.8 Å². The topological polar surface area (TPSA) is 107 Å². The number of imide groups is 1. The molecular formula is C18H27N3O5. The number of amides is 4. The molecule has 0 aromatic heterocycles. The van der Waals surface area contributed by atoms with E-state index in [0.717, 1.165) is 25.7 Å². The van der Waals surface area contributed by atoms with E-state index < -0.39 is 11.5 Å². The first-order valence-corrected chi connectivity index (χ1v) is 9.55. The summed E-state index contributed by atoms with van der Waals surface area (Å²) in [6, 6.07) is -0.386. The van der Waals surface area contributed by atoms with Gasteiger partial charge in [-0.05, 0) is 38.0 Å². The van der Waals surface area contributed by atoms with Crippen molar-refractivity contribution in [1.82, 2.24) is 15.1 Å². The van der Waals surface area contributed by atoms with Gasteiger partial charge in [0.1, 0.15) is 5.54 Å². The van der Waals surface area contributed by atoms with Crippen molar-refractivity contribution in [2.45, 2.75) is 63.3 Å². The maximum atomic E-state index is 12.6. The van der Waals surface area contributed by atoms with Crippen molar-refractivity contribution in [3.8, 4) is 0 Å². The van der Waals surface area contributed by atoms with Crippen molar-refractivity contribution >= 4 is 23.8 Å². The van der Waals surface area contributed by atoms with Gasteiger partial charge < -0.3 is 15.3 Å².